The van der Waals surface area contributed by atoms with E-state index in [2.05, 4.69) is 0 Å². The molecule has 1 aromatic heterocycles. The molecule has 0 radical (unpaired) electrons. The van der Waals surface area contributed by atoms with Gasteiger partial charge in [-0.3, -0.25) is 4.79 Å². The van der Waals surface area contributed by atoms with Crippen LogP contribution in [0.25, 0.3) is 0 Å². The van der Waals surface area contributed by atoms with Crippen molar-refractivity contribution in [2.45, 2.75) is 17.9 Å². The first-order valence-corrected chi connectivity index (χ1v) is 9.03. The van der Waals surface area contributed by atoms with Crippen molar-refractivity contribution in [2.24, 2.45) is 0 Å². The number of aromatic hydroxyl groups is 1. The van der Waals surface area contributed by atoms with Gasteiger partial charge in [-0.05, 0) is 29.5 Å². The SMILES string of the molecule is CSc1ccc(Cc2coc(O)c(OCc3ccccc3)c2=O)cc1. The van der Waals surface area contributed by atoms with Gasteiger partial charge in [0.05, 0.1) is 0 Å². The Bertz CT molecular complexity index is 886. The Hall–Kier alpha value is -2.66. The van der Waals surface area contributed by atoms with Gasteiger partial charge in [-0.2, -0.15) is 0 Å². The normalized spacial score (nSPS) is 10.6. The fourth-order valence-electron chi connectivity index (χ4n) is 2.42. The highest BCUT2D eigenvalue weighted by Crippen LogP contribution is 2.24. The van der Waals surface area contributed by atoms with Crippen LogP contribution in [-0.2, 0) is 13.0 Å². The molecule has 4 nitrogen and oxygen atoms in total. The molecule has 0 spiro atoms. The predicted octanol–water partition coefficient (Wildman–Crippen LogP) is 4.24. The second kappa shape index (κ2) is 7.94. The Morgan fingerprint density at radius 2 is 1.76 bits per heavy atom. The molecule has 0 fully saturated rings. The van der Waals surface area contributed by atoms with Gasteiger partial charge in [-0.25, -0.2) is 0 Å². The molecule has 0 aliphatic carbocycles. The molecular formula is C20H18O4S. The third-order valence-electron chi connectivity index (χ3n) is 3.78. The van der Waals surface area contributed by atoms with Gasteiger partial charge in [-0.1, -0.05) is 42.5 Å². The van der Waals surface area contributed by atoms with Crippen molar-refractivity contribution in [1.29, 1.82) is 0 Å². The van der Waals surface area contributed by atoms with E-state index in [-0.39, 0.29) is 17.8 Å². The van der Waals surface area contributed by atoms with Crippen LogP contribution in [0.2, 0.25) is 0 Å². The van der Waals surface area contributed by atoms with Crippen LogP contribution in [0.3, 0.4) is 0 Å². The number of benzene rings is 2. The van der Waals surface area contributed by atoms with Crippen LogP contribution in [-0.4, -0.2) is 11.4 Å². The fourth-order valence-corrected chi connectivity index (χ4v) is 2.83. The number of thioether (sulfide) groups is 1. The summed E-state index contributed by atoms with van der Waals surface area (Å²) in [6.07, 6.45) is 3.72. The first kappa shape index (κ1) is 17.2. The topological polar surface area (TPSA) is 59.7 Å². The molecule has 0 amide bonds. The molecule has 3 rings (SSSR count). The Labute approximate surface area is 150 Å². The number of hydrogen-bond acceptors (Lipinski definition) is 5. The Morgan fingerprint density at radius 1 is 1.04 bits per heavy atom. The van der Waals surface area contributed by atoms with E-state index in [0.717, 1.165) is 16.0 Å². The van der Waals surface area contributed by atoms with Crippen LogP contribution < -0.4 is 10.2 Å². The van der Waals surface area contributed by atoms with Crippen LogP contribution in [0.5, 0.6) is 11.7 Å². The lowest BCUT2D eigenvalue weighted by molar-refractivity contribution is 0.242. The summed E-state index contributed by atoms with van der Waals surface area (Å²) in [5, 5.41) is 9.83. The minimum absolute atomic E-state index is 0.151. The lowest BCUT2D eigenvalue weighted by atomic mass is 10.1. The molecule has 0 atom stereocenters. The molecule has 0 saturated carbocycles. The third kappa shape index (κ3) is 4.25. The summed E-state index contributed by atoms with van der Waals surface area (Å²) in [6.45, 7) is 0.186. The van der Waals surface area contributed by atoms with E-state index >= 15 is 0 Å². The first-order chi connectivity index (χ1) is 12.2. The van der Waals surface area contributed by atoms with Crippen molar-refractivity contribution < 1.29 is 14.3 Å². The van der Waals surface area contributed by atoms with Gasteiger partial charge in [0.25, 0.3) is 0 Å². The Kier molecular flexibility index (Phi) is 5.46. The van der Waals surface area contributed by atoms with Crippen LogP contribution in [0.1, 0.15) is 16.7 Å². The van der Waals surface area contributed by atoms with E-state index in [4.69, 9.17) is 9.15 Å². The second-order valence-corrected chi connectivity index (χ2v) is 6.40. The molecule has 25 heavy (non-hydrogen) atoms. The van der Waals surface area contributed by atoms with Gasteiger partial charge < -0.3 is 14.3 Å². The summed E-state index contributed by atoms with van der Waals surface area (Å²) < 4.78 is 10.6. The van der Waals surface area contributed by atoms with E-state index in [0.29, 0.717) is 12.0 Å². The minimum atomic E-state index is -0.498. The molecule has 3 aromatic rings. The van der Waals surface area contributed by atoms with E-state index in [1.807, 2.05) is 60.9 Å². The number of ether oxygens (including phenoxy) is 1. The molecule has 2 aromatic carbocycles. The smallest absolute Gasteiger partial charge is 0.330 e. The van der Waals surface area contributed by atoms with Gasteiger partial charge in [0.15, 0.2) is 0 Å². The maximum Gasteiger partial charge on any atom is 0.330 e. The third-order valence-corrected chi connectivity index (χ3v) is 4.53. The van der Waals surface area contributed by atoms with Crippen LogP contribution in [0.4, 0.5) is 0 Å². The average Bonchev–Trinajstić information content (AvgIpc) is 2.65. The molecule has 0 saturated heterocycles. The van der Waals surface area contributed by atoms with Crippen molar-refractivity contribution in [3.63, 3.8) is 0 Å². The summed E-state index contributed by atoms with van der Waals surface area (Å²) in [5.74, 6) is -0.649. The standard InChI is InChI=1S/C20H18O4S/c1-25-17-9-7-14(8-10-17)11-16-13-24-20(22)19(18(16)21)23-12-15-5-3-2-4-6-15/h2-10,13,22H,11-12H2,1H3. The van der Waals surface area contributed by atoms with Crippen LogP contribution in [0, 0.1) is 0 Å². The van der Waals surface area contributed by atoms with Gasteiger partial charge in [0, 0.05) is 16.9 Å². The maximum absolute atomic E-state index is 12.6. The van der Waals surface area contributed by atoms with Gasteiger partial charge >= 0.3 is 5.95 Å². The van der Waals surface area contributed by atoms with Crippen LogP contribution in [0.15, 0.2) is 75.0 Å². The van der Waals surface area contributed by atoms with Crippen molar-refractivity contribution in [1.82, 2.24) is 0 Å². The number of rotatable bonds is 6. The van der Waals surface area contributed by atoms with E-state index in [1.54, 1.807) is 11.8 Å². The monoisotopic (exact) mass is 354 g/mol. The molecule has 5 heteroatoms. The van der Waals surface area contributed by atoms with Gasteiger partial charge in [0.1, 0.15) is 12.9 Å². The molecular weight excluding hydrogens is 336 g/mol. The Balaban J connectivity index is 1.80. The van der Waals surface area contributed by atoms with Crippen LogP contribution >= 0.6 is 11.8 Å². The summed E-state index contributed by atoms with van der Waals surface area (Å²) in [6, 6.07) is 17.4. The second-order valence-electron chi connectivity index (χ2n) is 5.52. The zero-order valence-electron chi connectivity index (χ0n) is 13.8. The molecule has 0 bridgehead atoms. The average molecular weight is 354 g/mol. The zero-order valence-corrected chi connectivity index (χ0v) is 14.6. The van der Waals surface area contributed by atoms with Crippen molar-refractivity contribution >= 4 is 11.8 Å². The van der Waals surface area contributed by atoms with Gasteiger partial charge in [-0.15, -0.1) is 11.8 Å². The summed E-state index contributed by atoms with van der Waals surface area (Å²) in [7, 11) is 0. The highest BCUT2D eigenvalue weighted by Gasteiger charge is 2.15. The fraction of sp³-hybridized carbons (Fsp3) is 0.150. The zero-order chi connectivity index (χ0) is 17.6. The number of hydrogen-bond donors (Lipinski definition) is 1. The molecule has 1 N–H and O–H groups in total. The molecule has 0 unspecified atom stereocenters. The lowest BCUT2D eigenvalue weighted by Crippen LogP contribution is -2.13. The van der Waals surface area contributed by atoms with Crippen molar-refractivity contribution in [3.8, 4) is 11.7 Å². The molecule has 128 valence electrons. The molecule has 0 aliphatic heterocycles. The van der Waals surface area contributed by atoms with E-state index < -0.39 is 5.95 Å². The first-order valence-electron chi connectivity index (χ1n) is 7.80. The highest BCUT2D eigenvalue weighted by molar-refractivity contribution is 7.98. The summed E-state index contributed by atoms with van der Waals surface area (Å²) >= 11 is 1.66. The highest BCUT2D eigenvalue weighted by atomic mass is 32.2. The van der Waals surface area contributed by atoms with E-state index in [1.165, 1.54) is 6.26 Å². The summed E-state index contributed by atoms with van der Waals surface area (Å²) in [5.41, 5.74) is 1.98. The quantitative estimate of drug-likeness (QED) is 0.671. The van der Waals surface area contributed by atoms with Crippen molar-refractivity contribution in [3.05, 3.63) is 87.8 Å². The largest absolute Gasteiger partial charge is 0.479 e. The summed E-state index contributed by atoms with van der Waals surface area (Å²) in [4.78, 5) is 13.7. The Morgan fingerprint density at radius 3 is 2.44 bits per heavy atom. The lowest BCUT2D eigenvalue weighted by Gasteiger charge is -2.08. The van der Waals surface area contributed by atoms with Crippen molar-refractivity contribution in [2.75, 3.05) is 6.26 Å². The van der Waals surface area contributed by atoms with Gasteiger partial charge in [0.2, 0.25) is 11.2 Å². The maximum atomic E-state index is 12.6. The minimum Gasteiger partial charge on any atom is -0.479 e. The molecule has 0 aliphatic rings. The van der Waals surface area contributed by atoms with E-state index in [9.17, 15) is 9.90 Å². The molecule has 1 heterocycles. The predicted molar refractivity (Wildman–Crippen MR) is 98.4 cm³/mol.